The van der Waals surface area contributed by atoms with E-state index in [1.807, 2.05) is 20.8 Å². The van der Waals surface area contributed by atoms with Gasteiger partial charge >= 0.3 is 0 Å². The van der Waals surface area contributed by atoms with Crippen LogP contribution >= 0.6 is 0 Å². The van der Waals surface area contributed by atoms with Gasteiger partial charge in [-0.3, -0.25) is 4.79 Å². The van der Waals surface area contributed by atoms with E-state index in [1.54, 1.807) is 0 Å². The molecule has 0 spiro atoms. The summed E-state index contributed by atoms with van der Waals surface area (Å²) in [6.45, 7) is 16.6. The first kappa shape index (κ1) is 18.6. The Hall–Kier alpha value is -0.393. The van der Waals surface area contributed by atoms with Gasteiger partial charge in [-0.05, 0) is 18.1 Å². The first-order valence-corrected chi connectivity index (χ1v) is 9.78. The zero-order valence-electron chi connectivity index (χ0n) is 13.8. The second-order valence-corrected chi connectivity index (χ2v) is 12.5. The monoisotopic (exact) mass is 289 g/mol. The normalized spacial score (nSPS) is 15.2. The Morgan fingerprint density at radius 2 is 1.68 bits per heavy atom. The summed E-state index contributed by atoms with van der Waals surface area (Å²) in [4.78, 5) is 11.9. The van der Waals surface area contributed by atoms with Crippen LogP contribution in [0.2, 0.25) is 18.1 Å². The van der Waals surface area contributed by atoms with E-state index in [9.17, 15) is 9.90 Å². The summed E-state index contributed by atoms with van der Waals surface area (Å²) in [5, 5.41) is 12.3. The zero-order chi connectivity index (χ0) is 15.5. The second-order valence-electron chi connectivity index (χ2n) is 7.67. The Labute approximate surface area is 119 Å². The van der Waals surface area contributed by atoms with Crippen molar-refractivity contribution in [2.75, 3.05) is 13.2 Å². The predicted octanol–water partition coefficient (Wildman–Crippen LogP) is 2.53. The van der Waals surface area contributed by atoms with Crippen molar-refractivity contribution in [3.63, 3.8) is 0 Å². The zero-order valence-corrected chi connectivity index (χ0v) is 14.8. The van der Waals surface area contributed by atoms with Crippen molar-refractivity contribution in [1.29, 1.82) is 0 Å². The van der Waals surface area contributed by atoms with Crippen LogP contribution in [-0.4, -0.2) is 38.6 Å². The summed E-state index contributed by atoms with van der Waals surface area (Å²) < 4.78 is 6.02. The van der Waals surface area contributed by atoms with Gasteiger partial charge in [0.05, 0.1) is 19.3 Å². The molecule has 0 bridgehead atoms. The smallest absolute Gasteiger partial charge is 0.225 e. The van der Waals surface area contributed by atoms with E-state index in [1.165, 1.54) is 0 Å². The number of nitrogens with one attached hydrogen (secondary N) is 1. The third-order valence-electron chi connectivity index (χ3n) is 3.69. The molecule has 4 nitrogen and oxygen atoms in total. The third-order valence-corrected chi connectivity index (χ3v) is 8.19. The van der Waals surface area contributed by atoms with E-state index in [0.717, 1.165) is 0 Å². The lowest BCUT2D eigenvalue weighted by Crippen LogP contribution is -2.49. The molecule has 0 saturated carbocycles. The lowest BCUT2D eigenvalue weighted by Gasteiger charge is -2.37. The number of carbonyl (C=O) groups excluding carboxylic acids is 1. The van der Waals surface area contributed by atoms with Gasteiger partial charge in [-0.25, -0.2) is 0 Å². The molecule has 0 rings (SSSR count). The highest BCUT2D eigenvalue weighted by Gasteiger charge is 2.37. The molecule has 19 heavy (non-hydrogen) atoms. The van der Waals surface area contributed by atoms with Crippen LogP contribution in [0.3, 0.4) is 0 Å². The van der Waals surface area contributed by atoms with Gasteiger partial charge < -0.3 is 14.8 Å². The van der Waals surface area contributed by atoms with Gasteiger partial charge in [0.15, 0.2) is 8.32 Å². The topological polar surface area (TPSA) is 58.6 Å². The molecule has 0 radical (unpaired) electrons. The molecule has 1 atom stereocenters. The first-order chi connectivity index (χ1) is 8.31. The minimum absolute atomic E-state index is 0.0645. The number of rotatable bonds is 5. The molecule has 0 aliphatic carbocycles. The molecule has 1 amide bonds. The molecule has 5 heteroatoms. The van der Waals surface area contributed by atoms with Gasteiger partial charge in [-0.2, -0.15) is 0 Å². The minimum atomic E-state index is -1.84. The molecular formula is C14H31NO3Si. The quantitative estimate of drug-likeness (QED) is 0.765. The number of aliphatic hydroxyl groups is 1. The second kappa shape index (κ2) is 6.37. The minimum Gasteiger partial charge on any atom is -0.415 e. The van der Waals surface area contributed by atoms with Crippen molar-refractivity contribution in [3.05, 3.63) is 0 Å². The molecule has 0 aromatic heterocycles. The molecule has 0 aromatic rings. The van der Waals surface area contributed by atoms with Crippen molar-refractivity contribution in [2.24, 2.45) is 5.41 Å². The fourth-order valence-electron chi connectivity index (χ4n) is 1.07. The molecule has 0 heterocycles. The van der Waals surface area contributed by atoms with Crippen LogP contribution < -0.4 is 5.32 Å². The maximum absolute atomic E-state index is 11.9. The number of amides is 1. The Bertz CT molecular complexity index is 303. The van der Waals surface area contributed by atoms with E-state index in [2.05, 4.69) is 39.2 Å². The van der Waals surface area contributed by atoms with E-state index in [0.29, 0.717) is 6.61 Å². The molecule has 0 saturated heterocycles. The van der Waals surface area contributed by atoms with Crippen LogP contribution in [0.15, 0.2) is 0 Å². The molecule has 2 N–H and O–H groups in total. The highest BCUT2D eigenvalue weighted by molar-refractivity contribution is 6.74. The summed E-state index contributed by atoms with van der Waals surface area (Å²) in [6.07, 6.45) is 0. The number of aliphatic hydroxyl groups excluding tert-OH is 1. The third kappa shape index (κ3) is 6.06. The number of carbonyl (C=O) groups is 1. The molecule has 0 aromatic carbocycles. The van der Waals surface area contributed by atoms with E-state index >= 15 is 0 Å². The molecular weight excluding hydrogens is 258 g/mol. The Morgan fingerprint density at radius 1 is 1.21 bits per heavy atom. The Morgan fingerprint density at radius 3 is 2.00 bits per heavy atom. The van der Waals surface area contributed by atoms with Gasteiger partial charge in [-0.1, -0.05) is 41.5 Å². The van der Waals surface area contributed by atoms with Gasteiger partial charge in [0.1, 0.15) is 0 Å². The maximum atomic E-state index is 11.9. The van der Waals surface area contributed by atoms with Crippen molar-refractivity contribution in [1.82, 2.24) is 5.32 Å². The molecule has 0 fully saturated rings. The van der Waals surface area contributed by atoms with Crippen molar-refractivity contribution >= 4 is 14.2 Å². The van der Waals surface area contributed by atoms with Crippen molar-refractivity contribution in [3.8, 4) is 0 Å². The summed E-state index contributed by atoms with van der Waals surface area (Å²) in [5.41, 5.74) is -0.454. The van der Waals surface area contributed by atoms with E-state index < -0.39 is 13.7 Å². The lowest BCUT2D eigenvalue weighted by molar-refractivity contribution is -0.129. The van der Waals surface area contributed by atoms with E-state index in [-0.39, 0.29) is 23.6 Å². The Balaban J connectivity index is 4.49. The lowest BCUT2D eigenvalue weighted by atomic mass is 9.95. The predicted molar refractivity (Wildman–Crippen MR) is 81.6 cm³/mol. The van der Waals surface area contributed by atoms with Crippen LogP contribution in [0.1, 0.15) is 41.5 Å². The summed E-state index contributed by atoms with van der Waals surface area (Å²) >= 11 is 0. The first-order valence-electron chi connectivity index (χ1n) is 6.87. The van der Waals surface area contributed by atoms with E-state index in [4.69, 9.17) is 4.43 Å². The largest absolute Gasteiger partial charge is 0.415 e. The molecule has 114 valence electrons. The fourth-order valence-corrected chi connectivity index (χ4v) is 2.12. The van der Waals surface area contributed by atoms with Crippen molar-refractivity contribution < 1.29 is 14.3 Å². The van der Waals surface area contributed by atoms with Crippen molar-refractivity contribution in [2.45, 2.75) is 65.7 Å². The van der Waals surface area contributed by atoms with Gasteiger partial charge in [0, 0.05) is 5.41 Å². The summed E-state index contributed by atoms with van der Waals surface area (Å²) in [5.74, 6) is -0.0645. The van der Waals surface area contributed by atoms with Crippen LogP contribution in [0.5, 0.6) is 0 Å². The number of hydrogen-bond acceptors (Lipinski definition) is 3. The summed E-state index contributed by atoms with van der Waals surface area (Å²) in [6, 6.07) is -0.333. The number of hydrogen-bond donors (Lipinski definition) is 2. The highest BCUT2D eigenvalue weighted by Crippen LogP contribution is 2.36. The molecule has 0 aliphatic heterocycles. The standard InChI is InChI=1S/C14H31NO3Si/c1-13(2,3)12(17)15-11(9-16)10-18-19(7,8)14(4,5)6/h11,16H,9-10H2,1-8H3,(H,15,17)/t11-/m1/s1. The molecule has 0 unspecified atom stereocenters. The SMILES string of the molecule is CC(C)(C)C(=O)N[C@H](CO)CO[Si](C)(C)C(C)(C)C. The van der Waals surface area contributed by atoms with Gasteiger partial charge in [0.2, 0.25) is 5.91 Å². The Kier molecular flexibility index (Phi) is 6.24. The highest BCUT2D eigenvalue weighted by atomic mass is 28.4. The average molecular weight is 289 g/mol. The average Bonchev–Trinajstić information content (AvgIpc) is 2.20. The van der Waals surface area contributed by atoms with Gasteiger partial charge in [-0.15, -0.1) is 0 Å². The molecule has 0 aliphatic rings. The van der Waals surface area contributed by atoms with Crippen LogP contribution in [0.4, 0.5) is 0 Å². The summed E-state index contributed by atoms with van der Waals surface area (Å²) in [7, 11) is -1.84. The van der Waals surface area contributed by atoms with Gasteiger partial charge in [0.25, 0.3) is 0 Å². The van der Waals surface area contributed by atoms with Crippen LogP contribution in [0, 0.1) is 5.41 Å². The maximum Gasteiger partial charge on any atom is 0.225 e. The van der Waals surface area contributed by atoms with Crippen LogP contribution in [0.25, 0.3) is 0 Å². The van der Waals surface area contributed by atoms with Crippen LogP contribution in [-0.2, 0) is 9.22 Å². The fraction of sp³-hybridized carbons (Fsp3) is 0.929.